The molecule has 4 unspecified atom stereocenters. The van der Waals surface area contributed by atoms with Gasteiger partial charge in [0.05, 0.1) is 21.5 Å². The highest BCUT2D eigenvalue weighted by Crippen LogP contribution is 2.39. The average Bonchev–Trinajstić information content (AvgIpc) is 3.49. The van der Waals surface area contributed by atoms with Crippen molar-refractivity contribution in [2.24, 2.45) is 11.8 Å². The molecule has 2 aliphatic rings. The largest absolute Gasteiger partial charge is 0.474 e. The van der Waals surface area contributed by atoms with Crippen LogP contribution in [0, 0.1) is 23.2 Å². The third-order valence-corrected chi connectivity index (χ3v) is 7.55. The Kier molecular flexibility index (Phi) is 7.30. The number of hydrogen-bond acceptors (Lipinski definition) is 5. The van der Waals surface area contributed by atoms with Crippen LogP contribution in [0.15, 0.2) is 36.5 Å². The van der Waals surface area contributed by atoms with Crippen molar-refractivity contribution in [2.75, 3.05) is 26.2 Å². The van der Waals surface area contributed by atoms with E-state index in [4.69, 9.17) is 33.2 Å². The molecule has 2 aliphatic heterocycles. The first-order chi connectivity index (χ1) is 16.3. The number of rotatable bonds is 5. The highest BCUT2D eigenvalue weighted by atomic mass is 35.5. The van der Waals surface area contributed by atoms with E-state index in [2.05, 4.69) is 4.98 Å². The van der Waals surface area contributed by atoms with E-state index in [0.717, 1.165) is 5.56 Å². The number of amides is 2. The van der Waals surface area contributed by atoms with Crippen molar-refractivity contribution in [1.29, 1.82) is 5.26 Å². The first-order valence-electron chi connectivity index (χ1n) is 11.3. The van der Waals surface area contributed by atoms with Gasteiger partial charge in [-0.15, -0.1) is 0 Å². The molecule has 2 saturated heterocycles. The van der Waals surface area contributed by atoms with Gasteiger partial charge in [-0.05, 0) is 37.1 Å². The van der Waals surface area contributed by atoms with Gasteiger partial charge < -0.3 is 14.5 Å². The van der Waals surface area contributed by atoms with Crippen LogP contribution in [0.1, 0.15) is 37.3 Å². The molecule has 1 aromatic heterocycles. The number of hydrogen-bond donors (Lipinski definition) is 0. The van der Waals surface area contributed by atoms with Crippen molar-refractivity contribution in [3.8, 4) is 11.9 Å². The quantitative estimate of drug-likeness (QED) is 0.615. The van der Waals surface area contributed by atoms with Gasteiger partial charge >= 0.3 is 0 Å². The van der Waals surface area contributed by atoms with Gasteiger partial charge in [0.2, 0.25) is 17.7 Å². The Balaban J connectivity index is 1.55. The van der Waals surface area contributed by atoms with Crippen LogP contribution in [-0.2, 0) is 9.59 Å². The Bertz CT molecular complexity index is 1120. The molecule has 2 fully saturated rings. The summed E-state index contributed by atoms with van der Waals surface area (Å²) in [5, 5.41) is 9.94. The van der Waals surface area contributed by atoms with Gasteiger partial charge in [-0.1, -0.05) is 29.3 Å². The number of pyridine rings is 1. The monoisotopic (exact) mass is 500 g/mol. The van der Waals surface area contributed by atoms with E-state index in [-0.39, 0.29) is 35.7 Å². The smallest absolute Gasteiger partial charge is 0.227 e. The SMILES string of the molecule is CC(=O)N1CCC(C(=O)N2CC(c3ccc(Cl)c(Cl)c3)C(C(C)Oc3ccc(C#N)cn3)C2)C1. The fourth-order valence-electron chi connectivity index (χ4n) is 4.88. The Morgan fingerprint density at radius 3 is 2.56 bits per heavy atom. The molecule has 0 aliphatic carbocycles. The lowest BCUT2D eigenvalue weighted by Gasteiger charge is -2.25. The standard InChI is InChI=1S/C25H26Cl2N4O3/c1-15(34-24-6-3-17(10-28)11-29-24)20-13-31(25(33)19-7-8-30(12-19)16(2)32)14-21(20)18-4-5-22(26)23(27)9-18/h3-6,9,11,15,19-21H,7-8,12-14H2,1-2H3. The molecule has 2 aromatic rings. The second-order valence-corrected chi connectivity index (χ2v) is 9.77. The van der Waals surface area contributed by atoms with E-state index in [9.17, 15) is 9.59 Å². The summed E-state index contributed by atoms with van der Waals surface area (Å²) in [7, 11) is 0. The molecule has 2 amide bonds. The van der Waals surface area contributed by atoms with E-state index in [1.807, 2.05) is 30.0 Å². The first-order valence-corrected chi connectivity index (χ1v) is 12.0. The van der Waals surface area contributed by atoms with E-state index >= 15 is 0 Å². The van der Waals surface area contributed by atoms with Crippen LogP contribution in [0.3, 0.4) is 0 Å². The molecule has 178 valence electrons. The third kappa shape index (κ3) is 5.13. The number of carbonyl (C=O) groups excluding carboxylic acids is 2. The lowest BCUT2D eigenvalue weighted by molar-refractivity contribution is -0.134. The van der Waals surface area contributed by atoms with E-state index in [0.29, 0.717) is 54.1 Å². The summed E-state index contributed by atoms with van der Waals surface area (Å²) in [6, 6.07) is 11.0. The summed E-state index contributed by atoms with van der Waals surface area (Å²) in [4.78, 5) is 32.9. The number of halogens is 2. The molecule has 0 spiro atoms. The summed E-state index contributed by atoms with van der Waals surface area (Å²) >= 11 is 12.4. The molecular weight excluding hydrogens is 475 g/mol. The minimum Gasteiger partial charge on any atom is -0.474 e. The number of benzene rings is 1. The van der Waals surface area contributed by atoms with Crippen LogP contribution in [0.5, 0.6) is 5.88 Å². The van der Waals surface area contributed by atoms with Gasteiger partial charge in [-0.2, -0.15) is 5.26 Å². The molecule has 4 atom stereocenters. The van der Waals surface area contributed by atoms with Crippen molar-refractivity contribution >= 4 is 35.0 Å². The van der Waals surface area contributed by atoms with E-state index in [1.165, 1.54) is 13.1 Å². The summed E-state index contributed by atoms with van der Waals surface area (Å²) in [6.07, 6.45) is 1.90. The number of nitriles is 1. The highest BCUT2D eigenvalue weighted by molar-refractivity contribution is 6.42. The lowest BCUT2D eigenvalue weighted by Crippen LogP contribution is -2.37. The van der Waals surface area contributed by atoms with Crippen LogP contribution < -0.4 is 4.74 Å². The zero-order valence-corrected chi connectivity index (χ0v) is 20.6. The Morgan fingerprint density at radius 2 is 1.94 bits per heavy atom. The molecule has 1 aromatic carbocycles. The van der Waals surface area contributed by atoms with Crippen molar-refractivity contribution in [3.63, 3.8) is 0 Å². The van der Waals surface area contributed by atoms with Gasteiger partial charge in [0, 0.05) is 57.2 Å². The van der Waals surface area contributed by atoms with Crippen molar-refractivity contribution in [2.45, 2.75) is 32.3 Å². The third-order valence-electron chi connectivity index (χ3n) is 6.81. The molecule has 34 heavy (non-hydrogen) atoms. The minimum absolute atomic E-state index is 0.000204. The molecule has 0 saturated carbocycles. The number of likely N-dealkylation sites (tertiary alicyclic amines) is 2. The zero-order valence-electron chi connectivity index (χ0n) is 19.1. The summed E-state index contributed by atoms with van der Waals surface area (Å²) < 4.78 is 6.14. The van der Waals surface area contributed by atoms with Gasteiger partial charge in [0.15, 0.2) is 0 Å². The molecule has 0 radical (unpaired) electrons. The summed E-state index contributed by atoms with van der Waals surface area (Å²) in [5.74, 6) is 0.298. The molecular formula is C25H26Cl2N4O3. The van der Waals surface area contributed by atoms with Crippen LogP contribution in [0.25, 0.3) is 0 Å². The second-order valence-electron chi connectivity index (χ2n) is 8.96. The number of nitrogens with zero attached hydrogens (tertiary/aromatic N) is 4. The van der Waals surface area contributed by atoms with Crippen molar-refractivity contribution in [1.82, 2.24) is 14.8 Å². The van der Waals surface area contributed by atoms with Gasteiger partial charge in [0.25, 0.3) is 0 Å². The Morgan fingerprint density at radius 1 is 1.15 bits per heavy atom. The van der Waals surface area contributed by atoms with E-state index in [1.54, 1.807) is 23.1 Å². The predicted octanol–water partition coefficient (Wildman–Crippen LogP) is 4.14. The topological polar surface area (TPSA) is 86.5 Å². The predicted molar refractivity (Wildman–Crippen MR) is 129 cm³/mol. The van der Waals surface area contributed by atoms with Crippen molar-refractivity contribution in [3.05, 3.63) is 57.7 Å². The van der Waals surface area contributed by atoms with Crippen molar-refractivity contribution < 1.29 is 14.3 Å². The lowest BCUT2D eigenvalue weighted by atomic mass is 9.86. The maximum absolute atomic E-state index is 13.4. The fraction of sp³-hybridized carbons (Fsp3) is 0.440. The number of aromatic nitrogens is 1. The maximum Gasteiger partial charge on any atom is 0.227 e. The molecule has 0 N–H and O–H groups in total. The van der Waals surface area contributed by atoms with Crippen LogP contribution >= 0.6 is 23.2 Å². The van der Waals surface area contributed by atoms with Gasteiger partial charge in [0.1, 0.15) is 12.2 Å². The average molecular weight is 501 g/mol. The molecule has 7 nitrogen and oxygen atoms in total. The zero-order chi connectivity index (χ0) is 24.4. The maximum atomic E-state index is 13.4. The summed E-state index contributed by atoms with van der Waals surface area (Å²) in [5.41, 5.74) is 1.46. The first kappa shape index (κ1) is 24.3. The van der Waals surface area contributed by atoms with Gasteiger partial charge in [-0.25, -0.2) is 4.98 Å². The highest BCUT2D eigenvalue weighted by Gasteiger charge is 2.43. The molecule has 3 heterocycles. The van der Waals surface area contributed by atoms with E-state index < -0.39 is 0 Å². The number of ether oxygens (including phenoxy) is 1. The van der Waals surface area contributed by atoms with Crippen LogP contribution in [-0.4, -0.2) is 58.9 Å². The normalized spacial score (nSPS) is 23.0. The Labute approximate surface area is 209 Å². The van der Waals surface area contributed by atoms with Gasteiger partial charge in [-0.3, -0.25) is 9.59 Å². The minimum atomic E-state index is -0.255. The summed E-state index contributed by atoms with van der Waals surface area (Å²) in [6.45, 7) is 5.65. The second kappa shape index (κ2) is 10.2. The molecule has 0 bridgehead atoms. The Hall–Kier alpha value is -2.82. The van der Waals surface area contributed by atoms with Crippen LogP contribution in [0.2, 0.25) is 10.0 Å². The molecule has 4 rings (SSSR count). The van der Waals surface area contributed by atoms with Crippen LogP contribution in [0.4, 0.5) is 0 Å². The fourth-order valence-corrected chi connectivity index (χ4v) is 5.19. The molecule has 9 heteroatoms. The number of carbonyl (C=O) groups is 2.